The summed E-state index contributed by atoms with van der Waals surface area (Å²) in [6.07, 6.45) is 4.53. The molecule has 5 fully saturated rings. The molecule has 5 rings (SSSR count). The van der Waals surface area contributed by atoms with E-state index in [0.717, 1.165) is 32.1 Å². The molecule has 3 aliphatic heterocycles. The molecular weight excluding hydrogens is 428 g/mol. The van der Waals surface area contributed by atoms with Crippen LogP contribution in [0.15, 0.2) is 0 Å². The smallest absolute Gasteiger partial charge is 0.302 e. The molecule has 186 valence electrons. The summed E-state index contributed by atoms with van der Waals surface area (Å²) in [5.74, 6) is 0.0533. The van der Waals surface area contributed by atoms with E-state index in [2.05, 4.69) is 13.8 Å². The maximum atomic E-state index is 12.2. The van der Waals surface area contributed by atoms with Gasteiger partial charge < -0.3 is 28.4 Å². The maximum absolute atomic E-state index is 12.2. The van der Waals surface area contributed by atoms with Gasteiger partial charge in [0.05, 0.1) is 18.1 Å². The number of carbonyl (C=O) groups excluding carboxylic acids is 2. The lowest BCUT2D eigenvalue weighted by Gasteiger charge is -2.64. The zero-order chi connectivity index (χ0) is 23.6. The average molecular weight is 467 g/mol. The van der Waals surface area contributed by atoms with Gasteiger partial charge >= 0.3 is 11.9 Å². The van der Waals surface area contributed by atoms with Crippen LogP contribution in [-0.2, 0) is 38.0 Å². The second-order valence-electron chi connectivity index (χ2n) is 11.2. The van der Waals surface area contributed by atoms with Gasteiger partial charge in [0, 0.05) is 38.7 Å². The van der Waals surface area contributed by atoms with Gasteiger partial charge in [0.2, 0.25) is 0 Å². The molecule has 3 heterocycles. The summed E-state index contributed by atoms with van der Waals surface area (Å²) >= 11 is 0. The maximum Gasteiger partial charge on any atom is 0.302 e. The number of carbonyl (C=O) groups is 2. The first-order valence-corrected chi connectivity index (χ1v) is 12.4. The fraction of sp³-hybridized carbons (Fsp3) is 0.920. The third-order valence-corrected chi connectivity index (χ3v) is 9.75. The Balaban J connectivity index is 1.53. The Morgan fingerprint density at radius 2 is 1.85 bits per heavy atom. The fourth-order valence-electron chi connectivity index (χ4n) is 7.92. The number of fused-ring (bicyclic) bond motifs is 3. The molecule has 0 amide bonds. The van der Waals surface area contributed by atoms with E-state index in [1.165, 1.54) is 13.8 Å². The number of methoxy groups -OCH3 is 1. The van der Waals surface area contributed by atoms with Crippen molar-refractivity contribution in [3.63, 3.8) is 0 Å². The lowest BCUT2D eigenvalue weighted by atomic mass is 9.42. The van der Waals surface area contributed by atoms with Gasteiger partial charge in [-0.3, -0.25) is 9.59 Å². The Morgan fingerprint density at radius 3 is 2.45 bits per heavy atom. The first-order chi connectivity index (χ1) is 15.7. The largest absolute Gasteiger partial charge is 0.465 e. The molecule has 0 bridgehead atoms. The van der Waals surface area contributed by atoms with Crippen molar-refractivity contribution < 1.29 is 38.0 Å². The number of rotatable bonds is 5. The second-order valence-corrected chi connectivity index (χ2v) is 11.2. The van der Waals surface area contributed by atoms with Crippen molar-refractivity contribution in [2.24, 2.45) is 28.6 Å². The molecule has 33 heavy (non-hydrogen) atoms. The third kappa shape index (κ3) is 3.46. The minimum atomic E-state index is -0.583. The fourth-order valence-corrected chi connectivity index (χ4v) is 7.92. The van der Waals surface area contributed by atoms with Crippen LogP contribution >= 0.6 is 0 Å². The highest BCUT2D eigenvalue weighted by Gasteiger charge is 2.76. The van der Waals surface area contributed by atoms with Crippen molar-refractivity contribution in [2.45, 2.75) is 96.6 Å². The quantitative estimate of drug-likeness (QED) is 0.451. The molecule has 10 atom stereocenters. The van der Waals surface area contributed by atoms with Gasteiger partial charge in [0.25, 0.3) is 0 Å². The van der Waals surface area contributed by atoms with Crippen LogP contribution in [0.4, 0.5) is 0 Å². The molecule has 1 spiro atoms. The number of ether oxygens (including phenoxy) is 6. The van der Waals surface area contributed by atoms with Gasteiger partial charge in [0.15, 0.2) is 12.6 Å². The van der Waals surface area contributed by atoms with E-state index >= 15 is 0 Å². The first kappa shape index (κ1) is 23.5. The van der Waals surface area contributed by atoms with Gasteiger partial charge in [0.1, 0.15) is 18.3 Å². The van der Waals surface area contributed by atoms with Gasteiger partial charge in [-0.15, -0.1) is 0 Å². The average Bonchev–Trinajstić information content (AvgIpc) is 3.25. The van der Waals surface area contributed by atoms with Crippen molar-refractivity contribution in [3.05, 3.63) is 0 Å². The first-order valence-electron chi connectivity index (χ1n) is 12.4. The third-order valence-electron chi connectivity index (χ3n) is 9.75. The van der Waals surface area contributed by atoms with Crippen LogP contribution in [0, 0.1) is 28.6 Å². The molecule has 2 saturated carbocycles. The predicted molar refractivity (Wildman–Crippen MR) is 116 cm³/mol. The summed E-state index contributed by atoms with van der Waals surface area (Å²) in [4.78, 5) is 24.2. The van der Waals surface area contributed by atoms with E-state index in [-0.39, 0.29) is 60.6 Å². The molecule has 2 aliphatic carbocycles. The molecule has 0 aromatic heterocycles. The van der Waals surface area contributed by atoms with Crippen molar-refractivity contribution in [1.82, 2.24) is 0 Å². The van der Waals surface area contributed by atoms with Crippen LogP contribution in [0.5, 0.6) is 0 Å². The molecule has 3 saturated heterocycles. The highest BCUT2D eigenvalue weighted by atomic mass is 16.8. The topological polar surface area (TPSA) is 92.8 Å². The number of esters is 2. The normalized spacial score (nSPS) is 50.5. The van der Waals surface area contributed by atoms with Crippen LogP contribution in [0.1, 0.15) is 66.2 Å². The Morgan fingerprint density at radius 1 is 1.09 bits per heavy atom. The zero-order valence-corrected chi connectivity index (χ0v) is 20.5. The molecule has 8 heteroatoms. The molecule has 0 radical (unpaired) electrons. The van der Waals surface area contributed by atoms with Crippen molar-refractivity contribution >= 4 is 11.9 Å². The minimum Gasteiger partial charge on any atom is -0.465 e. The Labute approximate surface area is 195 Å². The van der Waals surface area contributed by atoms with Crippen LogP contribution in [0.25, 0.3) is 0 Å². The summed E-state index contributed by atoms with van der Waals surface area (Å²) in [6.45, 7) is 8.29. The van der Waals surface area contributed by atoms with E-state index in [0.29, 0.717) is 18.9 Å². The van der Waals surface area contributed by atoms with Gasteiger partial charge in [-0.25, -0.2) is 0 Å². The summed E-state index contributed by atoms with van der Waals surface area (Å²) in [5, 5.41) is 0. The highest BCUT2D eigenvalue weighted by molar-refractivity contribution is 5.67. The minimum absolute atomic E-state index is 0.00851. The predicted octanol–water partition coefficient (Wildman–Crippen LogP) is 3.21. The van der Waals surface area contributed by atoms with Gasteiger partial charge in [-0.2, -0.15) is 0 Å². The number of hydrogen-bond donors (Lipinski definition) is 0. The SMILES string of the molecule is CO[C@@H]1C[C@H]2C[C@H]([C@]3(C)[C@@H](C)C[C@@H](OC(C)=O)[C@@]4(COC(C)=O)[C@H]3CCC[C@@]43CO3)O[C@H]2O1. The monoisotopic (exact) mass is 466 g/mol. The standard InChI is InChI=1S/C25H38O8/c1-14-9-20(31-16(3)27)25(13-29-15(2)26)18(7-6-8-24(25)12-30-24)23(14,4)19-10-17-11-21(28-5)33-22(17)32-19/h14,17-22H,6-13H2,1-5H3/t14-,17+,18-,19+,20+,21-,22-,23+,24+,25+/m0/s1. The molecule has 0 N–H and O–H groups in total. The van der Waals surface area contributed by atoms with E-state index in [4.69, 9.17) is 28.4 Å². The van der Waals surface area contributed by atoms with E-state index in [1.54, 1.807) is 7.11 Å². The Hall–Kier alpha value is -1.22. The summed E-state index contributed by atoms with van der Waals surface area (Å²) in [6, 6.07) is 0. The van der Waals surface area contributed by atoms with E-state index in [9.17, 15) is 9.59 Å². The summed E-state index contributed by atoms with van der Waals surface area (Å²) in [7, 11) is 1.67. The van der Waals surface area contributed by atoms with Crippen molar-refractivity contribution in [1.29, 1.82) is 0 Å². The molecule has 0 aromatic carbocycles. The highest BCUT2D eigenvalue weighted by Crippen LogP contribution is 2.70. The second kappa shape index (κ2) is 8.18. The Bertz CT molecular complexity index is 781. The van der Waals surface area contributed by atoms with Crippen LogP contribution in [0.2, 0.25) is 0 Å². The molecule has 8 nitrogen and oxygen atoms in total. The molecule has 0 unspecified atom stereocenters. The van der Waals surface area contributed by atoms with Crippen molar-refractivity contribution in [3.8, 4) is 0 Å². The van der Waals surface area contributed by atoms with Crippen LogP contribution < -0.4 is 0 Å². The number of epoxide rings is 1. The summed E-state index contributed by atoms with van der Waals surface area (Å²) < 4.78 is 35.9. The summed E-state index contributed by atoms with van der Waals surface area (Å²) in [5.41, 5.74) is -1.20. The molecule has 0 aromatic rings. The van der Waals surface area contributed by atoms with E-state index < -0.39 is 11.0 Å². The molecule has 5 aliphatic rings. The zero-order valence-electron chi connectivity index (χ0n) is 20.5. The van der Waals surface area contributed by atoms with Gasteiger partial charge in [-0.1, -0.05) is 20.3 Å². The van der Waals surface area contributed by atoms with Crippen LogP contribution in [-0.4, -0.2) is 62.7 Å². The Kier molecular flexibility index (Phi) is 5.83. The van der Waals surface area contributed by atoms with E-state index in [1.807, 2.05) is 0 Å². The lowest BCUT2D eigenvalue weighted by Crippen LogP contribution is -2.69. The number of hydrogen-bond acceptors (Lipinski definition) is 8. The lowest BCUT2D eigenvalue weighted by molar-refractivity contribution is -0.265. The van der Waals surface area contributed by atoms with Crippen LogP contribution in [0.3, 0.4) is 0 Å². The van der Waals surface area contributed by atoms with Crippen molar-refractivity contribution in [2.75, 3.05) is 20.3 Å². The van der Waals surface area contributed by atoms with Gasteiger partial charge in [-0.05, 0) is 37.5 Å². The molecular formula is C25H38O8.